The second-order valence-electron chi connectivity index (χ2n) is 5.38. The topological polar surface area (TPSA) is 71.1 Å². The summed E-state index contributed by atoms with van der Waals surface area (Å²) in [5.41, 5.74) is 1.91. The first-order valence-electron chi connectivity index (χ1n) is 7.65. The number of hydrogen-bond acceptors (Lipinski definition) is 5. The molecule has 0 saturated heterocycles. The number of aliphatic hydroxyl groups is 1. The second-order valence-corrected chi connectivity index (χ2v) is 6.43. The van der Waals surface area contributed by atoms with Crippen LogP contribution in [0.25, 0.3) is 16.6 Å². The van der Waals surface area contributed by atoms with Crippen LogP contribution in [0.3, 0.4) is 0 Å². The van der Waals surface area contributed by atoms with E-state index in [1.807, 2.05) is 60.1 Å². The number of para-hydroxylation sites is 2. The van der Waals surface area contributed by atoms with Crippen LogP contribution in [0.15, 0.2) is 59.2 Å². The van der Waals surface area contributed by atoms with Crippen molar-refractivity contribution < 1.29 is 9.84 Å². The number of methoxy groups -OCH3 is 1. The highest BCUT2D eigenvalue weighted by atomic mass is 32.2. The second kappa shape index (κ2) is 7.32. The zero-order chi connectivity index (χ0) is 17.8. The zero-order valence-electron chi connectivity index (χ0n) is 13.9. The minimum absolute atomic E-state index is 0.0155. The minimum atomic E-state index is 0.0155. The molecule has 0 fully saturated rings. The van der Waals surface area contributed by atoms with Gasteiger partial charge in [0.15, 0.2) is 5.82 Å². The number of aliphatic hydroxyl groups excluding tert-OH is 1. The van der Waals surface area contributed by atoms with Gasteiger partial charge in [0, 0.05) is 11.9 Å². The molecule has 6 heteroatoms. The van der Waals surface area contributed by atoms with Gasteiger partial charge in [0.25, 0.3) is 0 Å². The quantitative estimate of drug-likeness (QED) is 0.424. The van der Waals surface area contributed by atoms with Gasteiger partial charge in [-0.3, -0.25) is 0 Å². The van der Waals surface area contributed by atoms with Crippen LogP contribution in [0.2, 0.25) is 0 Å². The fraction of sp³-hybridized carbons (Fsp3) is 0.158. The Bertz CT molecular complexity index is 968. The lowest BCUT2D eigenvalue weighted by molar-refractivity contribution is 0.414. The SMILES string of the molecule is COc1ccc(SC/C(O)=C(\C#N)c2nc3ccccc3n2C)cc1. The molecule has 2 aromatic carbocycles. The summed E-state index contributed by atoms with van der Waals surface area (Å²) in [5, 5.41) is 20.0. The largest absolute Gasteiger partial charge is 0.510 e. The van der Waals surface area contributed by atoms with Gasteiger partial charge < -0.3 is 14.4 Å². The molecular weight excluding hydrogens is 334 g/mol. The highest BCUT2D eigenvalue weighted by Crippen LogP contribution is 2.27. The molecule has 0 amide bonds. The van der Waals surface area contributed by atoms with Crippen LogP contribution in [0.4, 0.5) is 0 Å². The van der Waals surface area contributed by atoms with Crippen molar-refractivity contribution in [1.82, 2.24) is 9.55 Å². The van der Waals surface area contributed by atoms with E-state index in [2.05, 4.69) is 11.1 Å². The van der Waals surface area contributed by atoms with Crippen LogP contribution >= 0.6 is 11.8 Å². The van der Waals surface area contributed by atoms with E-state index in [-0.39, 0.29) is 11.3 Å². The minimum Gasteiger partial charge on any atom is -0.510 e. The van der Waals surface area contributed by atoms with Gasteiger partial charge in [-0.25, -0.2) is 4.98 Å². The summed E-state index contributed by atoms with van der Waals surface area (Å²) in [5.74, 6) is 1.55. The average molecular weight is 351 g/mol. The first-order valence-corrected chi connectivity index (χ1v) is 8.63. The normalized spacial score (nSPS) is 11.9. The number of imidazole rings is 1. The van der Waals surface area contributed by atoms with Crippen LogP contribution in [0.5, 0.6) is 5.75 Å². The lowest BCUT2D eigenvalue weighted by atomic mass is 10.2. The average Bonchev–Trinajstić information content (AvgIpc) is 2.98. The molecule has 0 atom stereocenters. The van der Waals surface area contributed by atoms with Gasteiger partial charge in [-0.15, -0.1) is 11.8 Å². The molecule has 3 rings (SSSR count). The fourth-order valence-corrected chi connectivity index (χ4v) is 3.28. The van der Waals surface area contributed by atoms with E-state index in [1.165, 1.54) is 11.8 Å². The molecule has 5 nitrogen and oxygen atoms in total. The third-order valence-electron chi connectivity index (χ3n) is 3.85. The number of aromatic nitrogens is 2. The van der Waals surface area contributed by atoms with Crippen molar-refractivity contribution in [3.63, 3.8) is 0 Å². The van der Waals surface area contributed by atoms with Gasteiger partial charge in [0.2, 0.25) is 0 Å². The van der Waals surface area contributed by atoms with Crippen LogP contribution in [-0.2, 0) is 7.05 Å². The van der Waals surface area contributed by atoms with Gasteiger partial charge in [-0.2, -0.15) is 5.26 Å². The van der Waals surface area contributed by atoms with Crippen molar-refractivity contribution >= 4 is 28.4 Å². The highest BCUT2D eigenvalue weighted by Gasteiger charge is 2.16. The predicted octanol–water partition coefficient (Wildman–Crippen LogP) is 4.17. The van der Waals surface area contributed by atoms with Gasteiger partial charge >= 0.3 is 0 Å². The zero-order valence-corrected chi connectivity index (χ0v) is 14.7. The lowest BCUT2D eigenvalue weighted by Crippen LogP contribution is -2.00. The van der Waals surface area contributed by atoms with E-state index in [0.717, 1.165) is 21.7 Å². The number of benzene rings is 2. The number of aryl methyl sites for hydroxylation is 1. The molecule has 0 bridgehead atoms. The van der Waals surface area contributed by atoms with Crippen molar-refractivity contribution in [1.29, 1.82) is 5.26 Å². The standard InChI is InChI=1S/C19H17N3O2S/c1-22-17-6-4-3-5-16(17)21-19(22)15(11-20)18(23)12-25-14-9-7-13(24-2)8-10-14/h3-10,23H,12H2,1-2H3/b18-15-. The van der Waals surface area contributed by atoms with E-state index in [1.54, 1.807) is 7.11 Å². The monoisotopic (exact) mass is 351 g/mol. The smallest absolute Gasteiger partial charge is 0.155 e. The van der Waals surface area contributed by atoms with E-state index in [4.69, 9.17) is 4.74 Å². The van der Waals surface area contributed by atoms with E-state index in [0.29, 0.717) is 11.6 Å². The van der Waals surface area contributed by atoms with Crippen molar-refractivity contribution in [2.24, 2.45) is 7.05 Å². The van der Waals surface area contributed by atoms with Gasteiger partial charge in [-0.1, -0.05) is 12.1 Å². The maximum atomic E-state index is 10.4. The maximum Gasteiger partial charge on any atom is 0.155 e. The Kier molecular flexibility index (Phi) is 4.96. The molecule has 0 saturated carbocycles. The van der Waals surface area contributed by atoms with Crippen molar-refractivity contribution in [2.75, 3.05) is 12.9 Å². The number of hydrogen-bond donors (Lipinski definition) is 1. The summed E-state index contributed by atoms with van der Waals surface area (Å²) in [7, 11) is 3.46. The summed E-state index contributed by atoms with van der Waals surface area (Å²) in [4.78, 5) is 5.46. The Morgan fingerprint density at radius 1 is 1.24 bits per heavy atom. The van der Waals surface area contributed by atoms with Crippen molar-refractivity contribution in [3.05, 3.63) is 60.1 Å². The number of fused-ring (bicyclic) bond motifs is 1. The molecule has 1 heterocycles. The maximum absolute atomic E-state index is 10.4. The molecule has 0 aliphatic rings. The molecule has 126 valence electrons. The highest BCUT2D eigenvalue weighted by molar-refractivity contribution is 7.99. The Morgan fingerprint density at radius 3 is 2.60 bits per heavy atom. The summed E-state index contributed by atoms with van der Waals surface area (Å²) in [6.07, 6.45) is 0. The first kappa shape index (κ1) is 16.9. The molecule has 0 aliphatic carbocycles. The van der Waals surface area contributed by atoms with Gasteiger partial charge in [-0.05, 0) is 36.4 Å². The molecule has 1 N–H and O–H groups in total. The van der Waals surface area contributed by atoms with Gasteiger partial charge in [0.05, 0.1) is 23.9 Å². The lowest BCUT2D eigenvalue weighted by Gasteiger charge is -2.06. The fourth-order valence-electron chi connectivity index (χ4n) is 2.51. The first-order chi connectivity index (χ1) is 12.1. The molecule has 0 unspecified atom stereocenters. The Morgan fingerprint density at radius 2 is 1.96 bits per heavy atom. The third kappa shape index (κ3) is 3.47. The summed E-state index contributed by atoms with van der Waals surface area (Å²) in [6, 6.07) is 17.3. The molecule has 25 heavy (non-hydrogen) atoms. The number of ether oxygens (including phenoxy) is 1. The predicted molar refractivity (Wildman–Crippen MR) is 99.6 cm³/mol. The van der Waals surface area contributed by atoms with Crippen LogP contribution in [0.1, 0.15) is 5.82 Å². The Labute approximate surface area is 150 Å². The molecule has 3 aromatic rings. The van der Waals surface area contributed by atoms with Crippen LogP contribution in [0, 0.1) is 11.3 Å². The van der Waals surface area contributed by atoms with Gasteiger partial charge in [0.1, 0.15) is 23.2 Å². The molecule has 0 aliphatic heterocycles. The third-order valence-corrected chi connectivity index (χ3v) is 4.87. The van der Waals surface area contributed by atoms with E-state index < -0.39 is 0 Å². The summed E-state index contributed by atoms with van der Waals surface area (Å²) < 4.78 is 6.95. The number of allylic oxidation sites excluding steroid dienone is 1. The van der Waals surface area contributed by atoms with E-state index in [9.17, 15) is 10.4 Å². The number of nitrogens with zero attached hydrogens (tertiary/aromatic N) is 3. The van der Waals surface area contributed by atoms with Crippen LogP contribution in [-0.4, -0.2) is 27.5 Å². The summed E-state index contributed by atoms with van der Waals surface area (Å²) >= 11 is 1.45. The molecule has 0 radical (unpaired) electrons. The van der Waals surface area contributed by atoms with E-state index >= 15 is 0 Å². The van der Waals surface area contributed by atoms with Crippen molar-refractivity contribution in [2.45, 2.75) is 4.90 Å². The number of thioether (sulfide) groups is 1. The Hall–Kier alpha value is -2.91. The van der Waals surface area contributed by atoms with Crippen LogP contribution < -0.4 is 4.74 Å². The molecule has 0 spiro atoms. The number of nitriles is 1. The Balaban J connectivity index is 1.86. The van der Waals surface area contributed by atoms with Crippen molar-refractivity contribution in [3.8, 4) is 11.8 Å². The number of rotatable bonds is 5. The summed E-state index contributed by atoms with van der Waals surface area (Å²) in [6.45, 7) is 0. The molecule has 1 aromatic heterocycles. The molecular formula is C19H17N3O2S.